The molecule has 2 N–H and O–H groups in total. The number of hydrogen-bond acceptors (Lipinski definition) is 3. The van der Waals surface area contributed by atoms with Crippen molar-refractivity contribution < 1.29 is 0 Å². The molecule has 1 aliphatic rings. The average Bonchev–Trinajstić information content (AvgIpc) is 2.54. The molecule has 0 saturated carbocycles. The first kappa shape index (κ1) is 14.2. The van der Waals surface area contributed by atoms with E-state index in [1.807, 2.05) is 18.3 Å². The number of fused-ring (bicyclic) bond motifs is 1. The molecule has 1 aliphatic heterocycles. The number of hydrogen-bond donors (Lipinski definition) is 1. The van der Waals surface area contributed by atoms with Crippen molar-refractivity contribution >= 4 is 22.3 Å². The number of pyridine rings is 1. The van der Waals surface area contributed by atoms with E-state index < -0.39 is 0 Å². The summed E-state index contributed by atoms with van der Waals surface area (Å²) in [7, 11) is 0. The zero-order valence-electron chi connectivity index (χ0n) is 13.1. The molecule has 21 heavy (non-hydrogen) atoms. The Labute approximate surface area is 127 Å². The van der Waals surface area contributed by atoms with Crippen LogP contribution in [0.3, 0.4) is 0 Å². The molecule has 2 aromatic rings. The fraction of sp³-hybridized carbons (Fsp3) is 0.500. The molecule has 1 aromatic heterocycles. The van der Waals surface area contributed by atoms with Crippen molar-refractivity contribution in [3.63, 3.8) is 0 Å². The lowest BCUT2D eigenvalue weighted by Gasteiger charge is -2.42. The summed E-state index contributed by atoms with van der Waals surface area (Å²) >= 11 is 0. The lowest BCUT2D eigenvalue weighted by Crippen LogP contribution is -2.39. The van der Waals surface area contributed by atoms with E-state index in [2.05, 4.69) is 35.9 Å². The quantitative estimate of drug-likeness (QED) is 0.857. The molecule has 0 radical (unpaired) electrons. The van der Waals surface area contributed by atoms with Gasteiger partial charge in [-0.15, -0.1) is 0 Å². The Kier molecular flexibility index (Phi) is 3.75. The van der Waals surface area contributed by atoms with Gasteiger partial charge in [-0.1, -0.05) is 26.7 Å². The van der Waals surface area contributed by atoms with E-state index >= 15 is 0 Å². The van der Waals surface area contributed by atoms with Crippen LogP contribution in [-0.4, -0.2) is 18.1 Å². The van der Waals surface area contributed by atoms with Crippen LogP contribution in [0.25, 0.3) is 10.9 Å². The second-order valence-electron chi connectivity index (χ2n) is 6.30. The van der Waals surface area contributed by atoms with Crippen LogP contribution in [0, 0.1) is 5.41 Å². The Balaban J connectivity index is 1.89. The second-order valence-corrected chi connectivity index (χ2v) is 6.30. The van der Waals surface area contributed by atoms with E-state index in [1.165, 1.54) is 36.8 Å². The molecule has 1 saturated heterocycles. The highest BCUT2D eigenvalue weighted by Crippen LogP contribution is 2.40. The van der Waals surface area contributed by atoms with E-state index in [4.69, 9.17) is 5.73 Å². The van der Waals surface area contributed by atoms with Gasteiger partial charge >= 0.3 is 0 Å². The van der Waals surface area contributed by atoms with E-state index in [0.717, 1.165) is 24.3 Å². The van der Waals surface area contributed by atoms with Crippen LogP contribution >= 0.6 is 0 Å². The molecule has 3 rings (SSSR count). The highest BCUT2D eigenvalue weighted by Gasteiger charge is 2.31. The Bertz CT molecular complexity index is 621. The third-order valence-corrected chi connectivity index (χ3v) is 5.41. The molecule has 1 fully saturated rings. The van der Waals surface area contributed by atoms with Crippen LogP contribution in [0.2, 0.25) is 0 Å². The van der Waals surface area contributed by atoms with E-state index in [1.54, 1.807) is 0 Å². The lowest BCUT2D eigenvalue weighted by molar-refractivity contribution is 0.200. The van der Waals surface area contributed by atoms with Gasteiger partial charge in [-0.05, 0) is 42.5 Å². The molecule has 0 aliphatic carbocycles. The number of nitrogens with two attached hydrogens (primary N) is 1. The Hall–Kier alpha value is -1.77. The van der Waals surface area contributed by atoms with Crippen molar-refractivity contribution in [2.24, 2.45) is 5.41 Å². The fourth-order valence-corrected chi connectivity index (χ4v) is 3.60. The number of anilines is 2. The largest absolute Gasteiger partial charge is 0.399 e. The van der Waals surface area contributed by atoms with Crippen LogP contribution in [0.15, 0.2) is 30.5 Å². The van der Waals surface area contributed by atoms with Crippen molar-refractivity contribution in [1.29, 1.82) is 0 Å². The minimum Gasteiger partial charge on any atom is -0.399 e. The summed E-state index contributed by atoms with van der Waals surface area (Å²) in [6.45, 7) is 6.96. The number of aromatic nitrogens is 1. The first-order valence-corrected chi connectivity index (χ1v) is 8.07. The van der Waals surface area contributed by atoms with Crippen LogP contribution in [0.1, 0.15) is 39.5 Å². The molecule has 0 amide bonds. The van der Waals surface area contributed by atoms with Gasteiger partial charge in [0.25, 0.3) is 0 Å². The first-order chi connectivity index (χ1) is 10.2. The summed E-state index contributed by atoms with van der Waals surface area (Å²) in [6, 6.07) is 8.18. The summed E-state index contributed by atoms with van der Waals surface area (Å²) in [5.74, 6) is 0. The van der Waals surface area contributed by atoms with Crippen LogP contribution < -0.4 is 10.6 Å². The molecular formula is C18H25N3. The fourth-order valence-electron chi connectivity index (χ4n) is 3.60. The van der Waals surface area contributed by atoms with Crippen LogP contribution in [0.4, 0.5) is 11.4 Å². The number of piperidine rings is 1. The molecule has 0 spiro atoms. The van der Waals surface area contributed by atoms with Crippen molar-refractivity contribution in [3.05, 3.63) is 30.5 Å². The van der Waals surface area contributed by atoms with Crippen LogP contribution in [-0.2, 0) is 0 Å². The van der Waals surface area contributed by atoms with Gasteiger partial charge < -0.3 is 10.6 Å². The number of rotatable bonds is 3. The number of nitrogen functional groups attached to an aromatic ring is 1. The maximum atomic E-state index is 5.87. The summed E-state index contributed by atoms with van der Waals surface area (Å²) < 4.78 is 0. The van der Waals surface area contributed by atoms with Crippen LogP contribution in [0.5, 0.6) is 0 Å². The van der Waals surface area contributed by atoms with Gasteiger partial charge in [-0.3, -0.25) is 4.98 Å². The molecule has 112 valence electrons. The van der Waals surface area contributed by atoms with Crippen molar-refractivity contribution in [2.45, 2.75) is 39.5 Å². The zero-order chi connectivity index (χ0) is 14.9. The van der Waals surface area contributed by atoms with E-state index in [0.29, 0.717) is 5.41 Å². The van der Waals surface area contributed by atoms with Gasteiger partial charge in [0.05, 0.1) is 5.52 Å². The maximum Gasteiger partial charge on any atom is 0.0743 e. The van der Waals surface area contributed by atoms with Crippen molar-refractivity contribution in [1.82, 2.24) is 4.98 Å². The standard InChI is InChI=1S/C18H25N3/c1-3-18(4-2)8-11-21(12-9-18)17-7-10-20-16-13-14(19)5-6-15(16)17/h5-7,10,13H,3-4,8-9,11-12,19H2,1-2H3. The highest BCUT2D eigenvalue weighted by molar-refractivity contribution is 5.93. The molecule has 0 unspecified atom stereocenters. The predicted molar refractivity (Wildman–Crippen MR) is 90.6 cm³/mol. The van der Waals surface area contributed by atoms with Gasteiger partial charge in [0.2, 0.25) is 0 Å². The first-order valence-electron chi connectivity index (χ1n) is 8.07. The number of nitrogens with zero attached hydrogens (tertiary/aromatic N) is 2. The summed E-state index contributed by atoms with van der Waals surface area (Å²) in [4.78, 5) is 6.97. The van der Waals surface area contributed by atoms with Gasteiger partial charge in [-0.25, -0.2) is 0 Å². The molecule has 1 aromatic carbocycles. The molecule has 3 heteroatoms. The third-order valence-electron chi connectivity index (χ3n) is 5.41. The Morgan fingerprint density at radius 3 is 2.52 bits per heavy atom. The third kappa shape index (κ3) is 2.57. The minimum atomic E-state index is 0.559. The predicted octanol–water partition coefficient (Wildman–Crippen LogP) is 4.22. The van der Waals surface area contributed by atoms with Gasteiger partial charge in [0, 0.05) is 36.0 Å². The SMILES string of the molecule is CCC1(CC)CCN(c2ccnc3cc(N)ccc23)CC1. The molecular weight excluding hydrogens is 258 g/mol. The van der Waals surface area contributed by atoms with Crippen molar-refractivity contribution in [3.8, 4) is 0 Å². The van der Waals surface area contributed by atoms with E-state index in [9.17, 15) is 0 Å². The van der Waals surface area contributed by atoms with E-state index in [-0.39, 0.29) is 0 Å². The summed E-state index contributed by atoms with van der Waals surface area (Å²) in [5.41, 5.74) is 9.51. The van der Waals surface area contributed by atoms with Gasteiger partial charge in [-0.2, -0.15) is 0 Å². The summed E-state index contributed by atoms with van der Waals surface area (Å²) in [6.07, 6.45) is 7.08. The normalized spacial score (nSPS) is 18.1. The average molecular weight is 283 g/mol. The highest BCUT2D eigenvalue weighted by atomic mass is 15.1. The van der Waals surface area contributed by atoms with Crippen molar-refractivity contribution in [2.75, 3.05) is 23.7 Å². The second kappa shape index (κ2) is 5.55. The molecule has 0 atom stereocenters. The summed E-state index contributed by atoms with van der Waals surface area (Å²) in [5, 5.41) is 1.21. The van der Waals surface area contributed by atoms with Gasteiger partial charge in [0.15, 0.2) is 0 Å². The molecule has 3 nitrogen and oxygen atoms in total. The van der Waals surface area contributed by atoms with Gasteiger partial charge in [0.1, 0.15) is 0 Å². The molecule has 0 bridgehead atoms. The number of benzene rings is 1. The Morgan fingerprint density at radius 1 is 1.14 bits per heavy atom. The maximum absolute atomic E-state index is 5.87. The molecule has 2 heterocycles. The monoisotopic (exact) mass is 283 g/mol. The smallest absolute Gasteiger partial charge is 0.0743 e. The zero-order valence-corrected chi connectivity index (χ0v) is 13.1. The lowest BCUT2D eigenvalue weighted by atomic mass is 9.74. The minimum absolute atomic E-state index is 0.559. The Morgan fingerprint density at radius 2 is 1.86 bits per heavy atom. The topological polar surface area (TPSA) is 42.2 Å².